The van der Waals surface area contributed by atoms with Gasteiger partial charge in [0.05, 0.1) is 17.8 Å². The lowest BCUT2D eigenvalue weighted by molar-refractivity contribution is -0.151. The van der Waals surface area contributed by atoms with Crippen LogP contribution in [0.5, 0.6) is 0 Å². The molecule has 2 aromatic heterocycles. The molecule has 21 heavy (non-hydrogen) atoms. The fourth-order valence-corrected chi connectivity index (χ4v) is 3.94. The molecule has 1 aliphatic rings. The number of thiophene rings is 1. The standard InChI is InChI=1S/C15H18N2O3S/c1-8(2)20-15(19)9(3)17-7-16-13-12(14(17)18)10-5-4-6-11(10)21-13/h7-9H,4-6H2,1-3H3/t9-/m0/s1. The number of aryl methyl sites for hydroxylation is 2. The lowest BCUT2D eigenvalue weighted by Crippen LogP contribution is -2.30. The Hall–Kier alpha value is -1.69. The van der Waals surface area contributed by atoms with E-state index in [1.54, 1.807) is 32.1 Å². The number of carbonyl (C=O) groups is 1. The lowest BCUT2D eigenvalue weighted by atomic mass is 10.2. The monoisotopic (exact) mass is 306 g/mol. The third-order valence-corrected chi connectivity index (χ3v) is 4.96. The van der Waals surface area contributed by atoms with Crippen molar-refractivity contribution in [3.63, 3.8) is 0 Å². The third kappa shape index (κ3) is 2.37. The van der Waals surface area contributed by atoms with Gasteiger partial charge in [0.25, 0.3) is 5.56 Å². The van der Waals surface area contributed by atoms with E-state index in [0.717, 1.165) is 29.7 Å². The molecule has 0 aliphatic heterocycles. The molecule has 0 N–H and O–H groups in total. The second kappa shape index (κ2) is 5.26. The Morgan fingerprint density at radius 3 is 2.86 bits per heavy atom. The number of hydrogen-bond acceptors (Lipinski definition) is 5. The highest BCUT2D eigenvalue weighted by molar-refractivity contribution is 7.18. The number of fused-ring (bicyclic) bond motifs is 3. The Labute approximate surface area is 126 Å². The molecule has 6 heteroatoms. The van der Waals surface area contributed by atoms with Crippen molar-refractivity contribution in [3.8, 4) is 0 Å². The number of aromatic nitrogens is 2. The molecule has 0 saturated carbocycles. The molecular formula is C15H18N2O3S. The summed E-state index contributed by atoms with van der Waals surface area (Å²) in [5, 5.41) is 0.694. The number of ether oxygens (including phenoxy) is 1. The molecule has 0 spiro atoms. The smallest absolute Gasteiger partial charge is 0.329 e. The molecular weight excluding hydrogens is 288 g/mol. The highest BCUT2D eigenvalue weighted by atomic mass is 32.1. The first-order valence-electron chi connectivity index (χ1n) is 7.21. The Kier molecular flexibility index (Phi) is 3.57. The molecule has 0 bridgehead atoms. The first kappa shape index (κ1) is 14.3. The van der Waals surface area contributed by atoms with Crippen molar-refractivity contribution in [2.24, 2.45) is 0 Å². The van der Waals surface area contributed by atoms with Crippen LogP contribution in [0.15, 0.2) is 11.1 Å². The molecule has 0 unspecified atom stereocenters. The Bertz CT molecular complexity index is 760. The number of nitrogens with zero attached hydrogens (tertiary/aromatic N) is 2. The predicted molar refractivity (Wildman–Crippen MR) is 81.8 cm³/mol. The van der Waals surface area contributed by atoms with Gasteiger partial charge in [-0.1, -0.05) is 0 Å². The summed E-state index contributed by atoms with van der Waals surface area (Å²) >= 11 is 1.60. The van der Waals surface area contributed by atoms with Gasteiger partial charge in [-0.05, 0) is 45.6 Å². The van der Waals surface area contributed by atoms with E-state index in [1.165, 1.54) is 15.8 Å². The van der Waals surface area contributed by atoms with Crippen LogP contribution in [-0.4, -0.2) is 21.6 Å². The summed E-state index contributed by atoms with van der Waals surface area (Å²) in [7, 11) is 0. The average Bonchev–Trinajstić information content (AvgIpc) is 2.97. The molecule has 1 aliphatic carbocycles. The minimum atomic E-state index is -0.659. The van der Waals surface area contributed by atoms with Gasteiger partial charge in [-0.25, -0.2) is 9.78 Å². The van der Waals surface area contributed by atoms with E-state index < -0.39 is 12.0 Å². The molecule has 0 fully saturated rings. The van der Waals surface area contributed by atoms with E-state index in [0.29, 0.717) is 5.39 Å². The van der Waals surface area contributed by atoms with Crippen LogP contribution >= 0.6 is 11.3 Å². The first-order valence-corrected chi connectivity index (χ1v) is 8.02. The van der Waals surface area contributed by atoms with E-state index in [1.807, 2.05) is 0 Å². The number of rotatable bonds is 3. The second-order valence-electron chi connectivity index (χ2n) is 5.66. The molecule has 1 atom stereocenters. The zero-order valence-corrected chi connectivity index (χ0v) is 13.2. The first-order chi connectivity index (χ1) is 9.99. The molecule has 0 radical (unpaired) electrons. The number of esters is 1. The lowest BCUT2D eigenvalue weighted by Gasteiger charge is -2.15. The van der Waals surface area contributed by atoms with Gasteiger partial charge in [0.2, 0.25) is 0 Å². The topological polar surface area (TPSA) is 61.2 Å². The van der Waals surface area contributed by atoms with E-state index in [9.17, 15) is 9.59 Å². The Morgan fingerprint density at radius 1 is 1.38 bits per heavy atom. The van der Waals surface area contributed by atoms with Gasteiger partial charge in [0.1, 0.15) is 10.9 Å². The van der Waals surface area contributed by atoms with Crippen LogP contribution in [0.4, 0.5) is 0 Å². The summed E-state index contributed by atoms with van der Waals surface area (Å²) in [6.45, 7) is 5.26. The van der Waals surface area contributed by atoms with Crippen LogP contribution in [-0.2, 0) is 22.4 Å². The fraction of sp³-hybridized carbons (Fsp3) is 0.533. The van der Waals surface area contributed by atoms with Gasteiger partial charge in [-0.15, -0.1) is 11.3 Å². The molecule has 2 aromatic rings. The quantitative estimate of drug-likeness (QED) is 0.817. The molecule has 2 heterocycles. The van der Waals surface area contributed by atoms with E-state index in [4.69, 9.17) is 4.74 Å². The van der Waals surface area contributed by atoms with Crippen molar-refractivity contribution in [3.05, 3.63) is 27.1 Å². The average molecular weight is 306 g/mol. The fourth-order valence-electron chi connectivity index (χ4n) is 2.72. The highest BCUT2D eigenvalue weighted by Crippen LogP contribution is 2.34. The number of carbonyl (C=O) groups excluding carboxylic acids is 1. The zero-order valence-electron chi connectivity index (χ0n) is 12.4. The minimum absolute atomic E-state index is 0.132. The SMILES string of the molecule is CC(C)OC(=O)[C@H](C)n1cnc2sc3c(c2c1=O)CCC3. The van der Waals surface area contributed by atoms with E-state index in [2.05, 4.69) is 4.98 Å². The van der Waals surface area contributed by atoms with Crippen LogP contribution in [0, 0.1) is 0 Å². The van der Waals surface area contributed by atoms with Crippen molar-refractivity contribution in [2.45, 2.75) is 52.2 Å². The maximum Gasteiger partial charge on any atom is 0.329 e. The van der Waals surface area contributed by atoms with Crippen LogP contribution in [0.3, 0.4) is 0 Å². The Morgan fingerprint density at radius 2 is 2.14 bits per heavy atom. The van der Waals surface area contributed by atoms with Gasteiger partial charge < -0.3 is 4.74 Å². The van der Waals surface area contributed by atoms with E-state index in [-0.39, 0.29) is 11.7 Å². The van der Waals surface area contributed by atoms with Crippen LogP contribution in [0.25, 0.3) is 10.2 Å². The van der Waals surface area contributed by atoms with Crippen molar-refractivity contribution >= 4 is 27.5 Å². The summed E-state index contributed by atoms with van der Waals surface area (Å²) < 4.78 is 6.57. The van der Waals surface area contributed by atoms with Gasteiger partial charge >= 0.3 is 5.97 Å². The predicted octanol–water partition coefficient (Wildman–Crippen LogP) is 2.46. The maximum atomic E-state index is 12.7. The van der Waals surface area contributed by atoms with Crippen molar-refractivity contribution < 1.29 is 9.53 Å². The van der Waals surface area contributed by atoms with Crippen molar-refractivity contribution in [1.82, 2.24) is 9.55 Å². The van der Waals surface area contributed by atoms with Gasteiger partial charge in [0, 0.05) is 4.88 Å². The van der Waals surface area contributed by atoms with Gasteiger partial charge in [-0.2, -0.15) is 0 Å². The molecule has 112 valence electrons. The molecule has 5 nitrogen and oxygen atoms in total. The minimum Gasteiger partial charge on any atom is -0.461 e. The largest absolute Gasteiger partial charge is 0.461 e. The Balaban J connectivity index is 2.06. The normalized spacial score (nSPS) is 15.4. The van der Waals surface area contributed by atoms with Crippen molar-refractivity contribution in [1.29, 1.82) is 0 Å². The summed E-state index contributed by atoms with van der Waals surface area (Å²) in [4.78, 5) is 31.1. The van der Waals surface area contributed by atoms with Gasteiger partial charge in [0.15, 0.2) is 0 Å². The number of hydrogen-bond donors (Lipinski definition) is 0. The highest BCUT2D eigenvalue weighted by Gasteiger charge is 2.24. The molecule has 0 amide bonds. The van der Waals surface area contributed by atoms with Crippen LogP contribution < -0.4 is 5.56 Å². The summed E-state index contributed by atoms with van der Waals surface area (Å²) in [5.41, 5.74) is 0.999. The molecule has 0 aromatic carbocycles. The molecule has 3 rings (SSSR count). The van der Waals surface area contributed by atoms with Crippen LogP contribution in [0.2, 0.25) is 0 Å². The van der Waals surface area contributed by atoms with Crippen LogP contribution in [0.1, 0.15) is 43.7 Å². The second-order valence-corrected chi connectivity index (χ2v) is 6.74. The maximum absolute atomic E-state index is 12.7. The van der Waals surface area contributed by atoms with Crippen molar-refractivity contribution in [2.75, 3.05) is 0 Å². The third-order valence-electron chi connectivity index (χ3n) is 3.76. The molecule has 0 saturated heterocycles. The summed E-state index contributed by atoms with van der Waals surface area (Å²) in [6, 6.07) is -0.659. The van der Waals surface area contributed by atoms with Gasteiger partial charge in [-0.3, -0.25) is 9.36 Å². The summed E-state index contributed by atoms with van der Waals surface area (Å²) in [6.07, 6.45) is 4.32. The van der Waals surface area contributed by atoms with E-state index >= 15 is 0 Å². The zero-order chi connectivity index (χ0) is 15.1. The summed E-state index contributed by atoms with van der Waals surface area (Å²) in [5.74, 6) is -0.403.